The zero-order valence-corrected chi connectivity index (χ0v) is 14.8. The molecule has 0 aromatic rings. The zero-order chi connectivity index (χ0) is 14.2. The maximum atomic E-state index is 11.8. The third-order valence-electron chi connectivity index (χ3n) is 3.80. The topological polar surface area (TPSA) is 32.3 Å². The van der Waals surface area contributed by atoms with Gasteiger partial charge in [-0.25, -0.2) is 0 Å². The molecule has 0 spiro atoms. The summed E-state index contributed by atoms with van der Waals surface area (Å²) in [5.41, 5.74) is 0. The fourth-order valence-electron chi connectivity index (χ4n) is 2.21. The van der Waals surface area contributed by atoms with Crippen LogP contribution in [0.2, 0.25) is 18.1 Å². The van der Waals surface area contributed by atoms with Crippen molar-refractivity contribution in [2.45, 2.75) is 72.0 Å². The summed E-state index contributed by atoms with van der Waals surface area (Å²) in [6.07, 6.45) is 4.90. The van der Waals surface area contributed by atoms with E-state index in [1.165, 1.54) is 0 Å². The quantitative estimate of drug-likeness (QED) is 0.347. The van der Waals surface area contributed by atoms with E-state index in [1.54, 1.807) is 6.26 Å². The van der Waals surface area contributed by atoms with Gasteiger partial charge < -0.3 is 8.98 Å². The maximum Gasteiger partial charge on any atom is 0.250 e. The van der Waals surface area contributed by atoms with E-state index in [-0.39, 0.29) is 0 Å². The summed E-state index contributed by atoms with van der Waals surface area (Å²) < 4.78 is 18.2. The van der Waals surface area contributed by atoms with Crippen molar-refractivity contribution in [3.05, 3.63) is 10.7 Å². The highest BCUT2D eigenvalue weighted by atomic mass is 32.2. The molecule has 2 nitrogen and oxygen atoms in total. The molecule has 0 heterocycles. The molecule has 0 bridgehead atoms. The van der Waals surface area contributed by atoms with Gasteiger partial charge in [-0.05, 0) is 42.7 Å². The van der Waals surface area contributed by atoms with Gasteiger partial charge in [0.05, 0.1) is 0 Å². The molecule has 0 radical (unpaired) electrons. The predicted octanol–water partition coefficient (Wildman–Crippen LogP) is 4.81. The van der Waals surface area contributed by atoms with E-state index in [1.807, 2.05) is 6.92 Å². The van der Waals surface area contributed by atoms with E-state index in [2.05, 4.69) is 27.7 Å². The Morgan fingerprint density at radius 1 is 1.11 bits per heavy atom. The Labute approximate surface area is 118 Å². The number of hydrogen-bond acceptors (Lipinski definition) is 2. The first kappa shape index (κ1) is 18.1. The second-order valence-corrected chi connectivity index (χ2v) is 11.0. The Hall–Kier alpha value is 0.0669. The van der Waals surface area contributed by atoms with E-state index in [0.29, 0.717) is 0 Å². The molecule has 0 aliphatic heterocycles. The molecule has 0 saturated heterocycles. The molecule has 0 fully saturated rings. The molecule has 0 saturated carbocycles. The Balaban J connectivity index is 4.97. The van der Waals surface area contributed by atoms with Crippen molar-refractivity contribution in [3.63, 3.8) is 0 Å². The van der Waals surface area contributed by atoms with Gasteiger partial charge in [-0.1, -0.05) is 34.1 Å². The first-order valence-corrected chi connectivity index (χ1v) is 11.3. The lowest BCUT2D eigenvalue weighted by molar-refractivity contribution is 0.401. The van der Waals surface area contributed by atoms with Crippen LogP contribution < -0.4 is 0 Å². The number of hydrogen-bond donors (Lipinski definition) is 0. The Bertz CT molecular complexity index is 252. The molecule has 0 aliphatic rings. The van der Waals surface area contributed by atoms with Gasteiger partial charge in [0.15, 0.2) is 4.91 Å². The minimum atomic E-state index is -1.62. The van der Waals surface area contributed by atoms with E-state index >= 15 is 0 Å². The lowest BCUT2D eigenvalue weighted by atomic mass is 10.2. The van der Waals surface area contributed by atoms with Crippen molar-refractivity contribution >= 4 is 19.5 Å². The van der Waals surface area contributed by atoms with Crippen LogP contribution in [0.1, 0.15) is 53.9 Å². The fourth-order valence-corrected chi connectivity index (χ4v) is 5.87. The van der Waals surface area contributed by atoms with Crippen LogP contribution in [0.3, 0.4) is 0 Å². The second kappa shape index (κ2) is 9.05. The highest BCUT2D eigenvalue weighted by Crippen LogP contribution is 2.28. The normalized spacial score (nSPS) is 15.3. The van der Waals surface area contributed by atoms with Crippen molar-refractivity contribution in [1.29, 1.82) is 0 Å². The van der Waals surface area contributed by atoms with Crippen LogP contribution >= 0.6 is 0 Å². The van der Waals surface area contributed by atoms with Crippen molar-refractivity contribution < 1.29 is 8.98 Å². The Morgan fingerprint density at radius 2 is 1.61 bits per heavy atom. The van der Waals surface area contributed by atoms with Crippen molar-refractivity contribution in [1.82, 2.24) is 0 Å². The van der Waals surface area contributed by atoms with Gasteiger partial charge in [0, 0.05) is 6.42 Å². The lowest BCUT2D eigenvalue weighted by Gasteiger charge is -2.30. The van der Waals surface area contributed by atoms with Crippen LogP contribution in [-0.2, 0) is 15.6 Å². The summed E-state index contributed by atoms with van der Waals surface area (Å²) in [5.74, 6) is 0.946. The Morgan fingerprint density at radius 3 is 1.94 bits per heavy atom. The summed E-state index contributed by atoms with van der Waals surface area (Å²) in [5, 5.41) is 0. The Kier molecular flexibility index (Phi) is 9.08. The van der Waals surface area contributed by atoms with Crippen LogP contribution in [0, 0.1) is 0 Å². The van der Waals surface area contributed by atoms with Gasteiger partial charge in [-0.3, -0.25) is 0 Å². The van der Waals surface area contributed by atoms with Crippen LogP contribution in [-0.4, -0.2) is 19.1 Å². The first-order chi connectivity index (χ1) is 8.46. The molecule has 108 valence electrons. The minimum absolute atomic E-state index is 0.899. The fraction of sp³-hybridized carbons (Fsp3) is 0.857. The van der Waals surface area contributed by atoms with Crippen LogP contribution in [0.5, 0.6) is 0 Å². The largest absolute Gasteiger partial charge is 0.612 e. The predicted molar refractivity (Wildman–Crippen MR) is 84.6 cm³/mol. The molecule has 0 N–H and O–H groups in total. The van der Waals surface area contributed by atoms with Gasteiger partial charge in [0.1, 0.15) is 12.0 Å². The van der Waals surface area contributed by atoms with E-state index in [9.17, 15) is 4.55 Å². The minimum Gasteiger partial charge on any atom is -0.612 e. The highest BCUT2D eigenvalue weighted by molar-refractivity contribution is 7.94. The molecular formula is C14H30O2SSi. The summed E-state index contributed by atoms with van der Waals surface area (Å²) in [4.78, 5) is 1.02. The molecule has 0 aromatic carbocycles. The molecule has 4 heteroatoms. The van der Waals surface area contributed by atoms with E-state index in [0.717, 1.165) is 48.1 Å². The molecule has 0 amide bonds. The van der Waals surface area contributed by atoms with Gasteiger partial charge in [0.2, 0.25) is 8.32 Å². The smallest absolute Gasteiger partial charge is 0.250 e. The van der Waals surface area contributed by atoms with Gasteiger partial charge in [-0.15, -0.1) is 0 Å². The zero-order valence-electron chi connectivity index (χ0n) is 13.0. The molecule has 0 rings (SSSR count). The third kappa shape index (κ3) is 5.37. The number of rotatable bonds is 9. The van der Waals surface area contributed by atoms with Crippen LogP contribution in [0.4, 0.5) is 0 Å². The molecule has 0 aliphatic carbocycles. The van der Waals surface area contributed by atoms with Crippen molar-refractivity contribution in [3.8, 4) is 0 Å². The monoisotopic (exact) mass is 290 g/mol. The van der Waals surface area contributed by atoms with Crippen LogP contribution in [0.25, 0.3) is 0 Å². The van der Waals surface area contributed by atoms with Gasteiger partial charge in [0.25, 0.3) is 0 Å². The second-order valence-electron chi connectivity index (χ2n) is 4.88. The average molecular weight is 291 g/mol. The summed E-state index contributed by atoms with van der Waals surface area (Å²) in [6, 6.07) is 3.40. The highest BCUT2D eigenvalue weighted by Gasteiger charge is 2.32. The summed E-state index contributed by atoms with van der Waals surface area (Å²) in [7, 11) is -1.62. The van der Waals surface area contributed by atoms with Gasteiger partial charge >= 0.3 is 0 Å². The first-order valence-electron chi connectivity index (χ1n) is 7.18. The van der Waals surface area contributed by atoms with Crippen LogP contribution in [0.15, 0.2) is 10.7 Å². The lowest BCUT2D eigenvalue weighted by Crippen LogP contribution is -2.35. The maximum absolute atomic E-state index is 11.8. The summed E-state index contributed by atoms with van der Waals surface area (Å²) in [6.45, 7) is 10.8. The number of unbranched alkanes of at least 4 members (excludes halogenated alkanes) is 1. The standard InChI is InChI=1S/C14H30O2SSi/c1-7-11-12-14(17(6)15)13(5)16-18(8-2,9-3)10-4/h7-12H2,1-6H3/b14-13+. The molecule has 1 atom stereocenters. The van der Waals surface area contributed by atoms with Crippen molar-refractivity contribution in [2.75, 3.05) is 6.26 Å². The number of allylic oxidation sites excluding steroid dienone is 2. The third-order valence-corrected chi connectivity index (χ3v) is 9.59. The average Bonchev–Trinajstić information content (AvgIpc) is 2.36. The van der Waals surface area contributed by atoms with E-state index < -0.39 is 19.5 Å². The van der Waals surface area contributed by atoms with E-state index in [4.69, 9.17) is 4.43 Å². The molecule has 0 aromatic heterocycles. The SMILES string of the molecule is CCCC/C(=C(/C)O[Si](CC)(CC)CC)[S+](C)[O-]. The van der Waals surface area contributed by atoms with Crippen molar-refractivity contribution in [2.24, 2.45) is 0 Å². The summed E-state index contributed by atoms with van der Waals surface area (Å²) >= 11 is -0.899. The molecule has 18 heavy (non-hydrogen) atoms. The van der Waals surface area contributed by atoms with Gasteiger partial charge in [-0.2, -0.15) is 0 Å². The molecular weight excluding hydrogens is 260 g/mol. The molecule has 1 unspecified atom stereocenters.